The van der Waals surface area contributed by atoms with Crippen molar-refractivity contribution in [2.75, 3.05) is 13.1 Å². The Balaban J connectivity index is 2.01. The highest BCUT2D eigenvalue weighted by Crippen LogP contribution is 2.12. The van der Waals surface area contributed by atoms with E-state index in [1.165, 1.54) is 11.8 Å². The van der Waals surface area contributed by atoms with Crippen molar-refractivity contribution in [2.45, 2.75) is 26.9 Å². The summed E-state index contributed by atoms with van der Waals surface area (Å²) in [5.41, 5.74) is 2.39. The Morgan fingerprint density at radius 2 is 1.81 bits per heavy atom. The van der Waals surface area contributed by atoms with E-state index in [0.717, 1.165) is 25.2 Å². The Morgan fingerprint density at radius 3 is 2.43 bits per heavy atom. The van der Waals surface area contributed by atoms with Gasteiger partial charge in [-0.2, -0.15) is 0 Å². The van der Waals surface area contributed by atoms with Crippen LogP contribution in [0.2, 0.25) is 0 Å². The van der Waals surface area contributed by atoms with E-state index in [1.807, 2.05) is 12.1 Å². The summed E-state index contributed by atoms with van der Waals surface area (Å²) in [6.07, 6.45) is 1.50. The standard InChI is InChI=1S/C17H22N2O2/c1-3-19(4-2)13-15-9-6-5-8-14(15)12-18-17(20)16-10-7-11-21-16/h5-11H,3-4,12-13H2,1-2H3,(H,18,20). The van der Waals surface area contributed by atoms with Crippen LogP contribution in [0.5, 0.6) is 0 Å². The molecule has 0 spiro atoms. The Bertz CT molecular complexity index is 560. The lowest BCUT2D eigenvalue weighted by Crippen LogP contribution is -2.25. The number of furan rings is 1. The Kier molecular flexibility index (Phi) is 5.58. The number of hydrogen-bond acceptors (Lipinski definition) is 3. The molecule has 0 saturated carbocycles. The molecule has 1 heterocycles. The molecule has 112 valence electrons. The third-order valence-electron chi connectivity index (χ3n) is 3.59. The van der Waals surface area contributed by atoms with E-state index < -0.39 is 0 Å². The summed E-state index contributed by atoms with van der Waals surface area (Å²) in [5, 5.41) is 2.90. The van der Waals surface area contributed by atoms with Gasteiger partial charge in [-0.25, -0.2) is 0 Å². The van der Waals surface area contributed by atoms with E-state index in [1.54, 1.807) is 12.1 Å². The Morgan fingerprint density at radius 1 is 1.10 bits per heavy atom. The first-order valence-corrected chi connectivity index (χ1v) is 7.35. The Hall–Kier alpha value is -2.07. The lowest BCUT2D eigenvalue weighted by molar-refractivity contribution is 0.0923. The van der Waals surface area contributed by atoms with E-state index in [9.17, 15) is 4.79 Å². The minimum absolute atomic E-state index is 0.183. The van der Waals surface area contributed by atoms with E-state index in [4.69, 9.17) is 4.42 Å². The number of carbonyl (C=O) groups excluding carboxylic acids is 1. The molecule has 1 amide bonds. The molecule has 0 bridgehead atoms. The molecule has 1 N–H and O–H groups in total. The van der Waals surface area contributed by atoms with Crippen LogP contribution in [-0.4, -0.2) is 23.9 Å². The van der Waals surface area contributed by atoms with Crippen LogP contribution in [0.25, 0.3) is 0 Å². The van der Waals surface area contributed by atoms with Gasteiger partial charge in [0, 0.05) is 13.1 Å². The third-order valence-corrected chi connectivity index (χ3v) is 3.59. The molecule has 0 aliphatic heterocycles. The van der Waals surface area contributed by atoms with Gasteiger partial charge in [-0.3, -0.25) is 9.69 Å². The second-order valence-electron chi connectivity index (χ2n) is 4.89. The van der Waals surface area contributed by atoms with Gasteiger partial charge < -0.3 is 9.73 Å². The zero-order valence-corrected chi connectivity index (χ0v) is 12.6. The molecule has 0 atom stereocenters. The maximum Gasteiger partial charge on any atom is 0.287 e. The first-order valence-electron chi connectivity index (χ1n) is 7.35. The summed E-state index contributed by atoms with van der Waals surface area (Å²) >= 11 is 0. The molecule has 0 saturated heterocycles. The van der Waals surface area contributed by atoms with Crippen LogP contribution in [-0.2, 0) is 13.1 Å². The van der Waals surface area contributed by atoms with Crippen molar-refractivity contribution in [3.05, 3.63) is 59.5 Å². The number of rotatable bonds is 7. The summed E-state index contributed by atoms with van der Waals surface area (Å²) in [7, 11) is 0. The third kappa shape index (κ3) is 4.20. The molecule has 0 unspecified atom stereocenters. The van der Waals surface area contributed by atoms with Crippen molar-refractivity contribution in [2.24, 2.45) is 0 Å². The van der Waals surface area contributed by atoms with Gasteiger partial charge in [0.25, 0.3) is 5.91 Å². The monoisotopic (exact) mass is 286 g/mol. The number of amides is 1. The average molecular weight is 286 g/mol. The van der Waals surface area contributed by atoms with Crippen molar-refractivity contribution in [3.63, 3.8) is 0 Å². The molecule has 2 aromatic rings. The van der Waals surface area contributed by atoms with Gasteiger partial charge in [0.1, 0.15) is 0 Å². The highest BCUT2D eigenvalue weighted by molar-refractivity contribution is 5.91. The van der Waals surface area contributed by atoms with Gasteiger partial charge in [-0.05, 0) is 36.3 Å². The molecular weight excluding hydrogens is 264 g/mol. The molecule has 1 aromatic heterocycles. The van der Waals surface area contributed by atoms with Crippen molar-refractivity contribution >= 4 is 5.91 Å². The van der Waals surface area contributed by atoms with Crippen molar-refractivity contribution in [1.82, 2.24) is 10.2 Å². The van der Waals surface area contributed by atoms with Gasteiger partial charge in [-0.1, -0.05) is 38.1 Å². The van der Waals surface area contributed by atoms with Crippen LogP contribution in [0.1, 0.15) is 35.5 Å². The molecule has 0 radical (unpaired) electrons. The molecule has 21 heavy (non-hydrogen) atoms. The Labute approximate surface area is 125 Å². The zero-order valence-electron chi connectivity index (χ0n) is 12.6. The van der Waals surface area contributed by atoms with Crippen molar-refractivity contribution in [1.29, 1.82) is 0 Å². The van der Waals surface area contributed by atoms with Crippen LogP contribution in [0, 0.1) is 0 Å². The van der Waals surface area contributed by atoms with Crippen LogP contribution in [0.15, 0.2) is 47.1 Å². The molecule has 0 fully saturated rings. The number of benzene rings is 1. The number of carbonyl (C=O) groups is 1. The van der Waals surface area contributed by atoms with Gasteiger partial charge in [0.05, 0.1) is 6.26 Å². The van der Waals surface area contributed by atoms with Crippen LogP contribution in [0.3, 0.4) is 0 Å². The normalized spacial score (nSPS) is 10.8. The largest absolute Gasteiger partial charge is 0.459 e. The summed E-state index contributed by atoms with van der Waals surface area (Å²) in [5.74, 6) is 0.161. The highest BCUT2D eigenvalue weighted by Gasteiger charge is 2.10. The van der Waals surface area contributed by atoms with Crippen LogP contribution < -0.4 is 5.32 Å². The summed E-state index contributed by atoms with van der Waals surface area (Å²) in [4.78, 5) is 14.3. The maximum atomic E-state index is 11.9. The number of hydrogen-bond donors (Lipinski definition) is 1. The first kappa shape index (κ1) is 15.3. The summed E-state index contributed by atoms with van der Waals surface area (Å²) < 4.78 is 5.09. The van der Waals surface area contributed by atoms with Crippen molar-refractivity contribution < 1.29 is 9.21 Å². The van der Waals surface area contributed by atoms with E-state index in [0.29, 0.717) is 12.3 Å². The van der Waals surface area contributed by atoms with Gasteiger partial charge in [-0.15, -0.1) is 0 Å². The maximum absolute atomic E-state index is 11.9. The number of nitrogens with one attached hydrogen (secondary N) is 1. The predicted octanol–water partition coefficient (Wildman–Crippen LogP) is 3.05. The quantitative estimate of drug-likeness (QED) is 0.851. The topological polar surface area (TPSA) is 45.5 Å². The van der Waals surface area contributed by atoms with Gasteiger partial charge in [0.15, 0.2) is 5.76 Å². The van der Waals surface area contributed by atoms with Gasteiger partial charge in [0.2, 0.25) is 0 Å². The molecule has 0 aliphatic carbocycles. The minimum atomic E-state index is -0.183. The number of nitrogens with zero attached hydrogens (tertiary/aromatic N) is 1. The lowest BCUT2D eigenvalue weighted by atomic mass is 10.1. The molecule has 0 aliphatic rings. The van der Waals surface area contributed by atoms with E-state index in [-0.39, 0.29) is 5.91 Å². The van der Waals surface area contributed by atoms with Gasteiger partial charge >= 0.3 is 0 Å². The highest BCUT2D eigenvalue weighted by atomic mass is 16.3. The molecule has 4 heteroatoms. The lowest BCUT2D eigenvalue weighted by Gasteiger charge is -2.20. The smallest absolute Gasteiger partial charge is 0.287 e. The first-order chi connectivity index (χ1) is 10.2. The van der Waals surface area contributed by atoms with Crippen LogP contribution in [0.4, 0.5) is 0 Å². The summed E-state index contributed by atoms with van der Waals surface area (Å²) in [6.45, 7) is 7.76. The fourth-order valence-corrected chi connectivity index (χ4v) is 2.24. The second-order valence-corrected chi connectivity index (χ2v) is 4.89. The van der Waals surface area contributed by atoms with E-state index >= 15 is 0 Å². The molecule has 1 aromatic carbocycles. The minimum Gasteiger partial charge on any atom is -0.459 e. The second kappa shape index (κ2) is 7.64. The fraction of sp³-hybridized carbons (Fsp3) is 0.353. The molecule has 2 rings (SSSR count). The summed E-state index contributed by atoms with van der Waals surface area (Å²) in [6, 6.07) is 11.6. The predicted molar refractivity (Wildman–Crippen MR) is 82.9 cm³/mol. The van der Waals surface area contributed by atoms with E-state index in [2.05, 4.69) is 36.2 Å². The zero-order chi connectivity index (χ0) is 15.1. The van der Waals surface area contributed by atoms with Crippen molar-refractivity contribution in [3.8, 4) is 0 Å². The fourth-order valence-electron chi connectivity index (χ4n) is 2.24. The molecular formula is C17H22N2O2. The SMILES string of the molecule is CCN(CC)Cc1ccccc1CNC(=O)c1ccco1. The average Bonchev–Trinajstić information content (AvgIpc) is 3.05. The van der Waals surface area contributed by atoms with Crippen LogP contribution >= 0.6 is 0 Å². The molecule has 4 nitrogen and oxygen atoms in total.